The fourth-order valence-electron chi connectivity index (χ4n) is 1.80. The van der Waals surface area contributed by atoms with Gasteiger partial charge in [-0.3, -0.25) is 4.79 Å². The number of anilines is 1. The maximum Gasteiger partial charge on any atom is 0.227 e. The van der Waals surface area contributed by atoms with Crippen LogP contribution < -0.4 is 10.0 Å². The minimum absolute atomic E-state index is 0.00480. The molecule has 0 aromatic heterocycles. The summed E-state index contributed by atoms with van der Waals surface area (Å²) in [5.74, 6) is -2.09. The molecule has 1 amide bonds. The molecule has 1 aromatic carbocycles. The van der Waals surface area contributed by atoms with Gasteiger partial charge in [-0.1, -0.05) is 15.9 Å². The fourth-order valence-corrected chi connectivity index (χ4v) is 3.06. The predicted molar refractivity (Wildman–Crippen MR) is 67.3 cm³/mol. The van der Waals surface area contributed by atoms with Gasteiger partial charge in [0.05, 0.1) is 5.69 Å². The van der Waals surface area contributed by atoms with Crippen LogP contribution in [0.2, 0.25) is 0 Å². The van der Waals surface area contributed by atoms with Gasteiger partial charge in [-0.05, 0) is 34.1 Å². The van der Waals surface area contributed by atoms with Crippen LogP contribution in [0, 0.1) is 5.92 Å². The third kappa shape index (κ3) is 2.52. The molecule has 0 radical (unpaired) electrons. The number of aliphatic carboxylic acids is 1. The van der Waals surface area contributed by atoms with E-state index in [0.29, 0.717) is 5.69 Å². The average Bonchev–Trinajstić information content (AvgIpc) is 2.61. The first-order chi connectivity index (χ1) is 7.99. The third-order valence-corrected chi connectivity index (χ3v) is 3.79. The van der Waals surface area contributed by atoms with Gasteiger partial charge in [0.1, 0.15) is 0 Å². The summed E-state index contributed by atoms with van der Waals surface area (Å²) < 4.78 is 1.63. The molecule has 1 saturated heterocycles. The van der Waals surface area contributed by atoms with Gasteiger partial charge in [-0.25, -0.2) is 0 Å². The highest BCUT2D eigenvalue weighted by molar-refractivity contribution is 9.11. The highest BCUT2D eigenvalue weighted by Gasteiger charge is 2.32. The zero-order chi connectivity index (χ0) is 12.6. The van der Waals surface area contributed by atoms with Gasteiger partial charge in [0, 0.05) is 33.8 Å². The zero-order valence-corrected chi connectivity index (χ0v) is 11.8. The van der Waals surface area contributed by atoms with E-state index in [9.17, 15) is 14.7 Å². The third-order valence-electron chi connectivity index (χ3n) is 2.66. The average molecular weight is 362 g/mol. The van der Waals surface area contributed by atoms with Gasteiger partial charge < -0.3 is 14.8 Å². The van der Waals surface area contributed by atoms with Gasteiger partial charge in [0.25, 0.3) is 0 Å². The lowest BCUT2D eigenvalue weighted by Crippen LogP contribution is -2.33. The second kappa shape index (κ2) is 4.78. The van der Waals surface area contributed by atoms with Gasteiger partial charge in [0.15, 0.2) is 0 Å². The van der Waals surface area contributed by atoms with E-state index in [4.69, 9.17) is 0 Å². The number of carboxylic acid groups (broad SMARTS) is 1. The van der Waals surface area contributed by atoms with Gasteiger partial charge in [-0.2, -0.15) is 0 Å². The number of carbonyl (C=O) groups excluding carboxylic acids is 2. The molecule has 1 aromatic rings. The van der Waals surface area contributed by atoms with Crippen molar-refractivity contribution < 1.29 is 14.7 Å². The van der Waals surface area contributed by atoms with E-state index >= 15 is 0 Å². The molecule has 1 heterocycles. The molecular formula is C11H8Br2NO3-. The van der Waals surface area contributed by atoms with Gasteiger partial charge >= 0.3 is 0 Å². The molecule has 6 heteroatoms. The predicted octanol–water partition coefficient (Wildman–Crippen LogP) is 1.31. The van der Waals surface area contributed by atoms with Crippen molar-refractivity contribution in [2.45, 2.75) is 6.42 Å². The Morgan fingerprint density at radius 3 is 2.65 bits per heavy atom. The van der Waals surface area contributed by atoms with Crippen LogP contribution in [0.4, 0.5) is 5.69 Å². The topological polar surface area (TPSA) is 60.4 Å². The molecule has 4 nitrogen and oxygen atoms in total. The van der Waals surface area contributed by atoms with E-state index in [2.05, 4.69) is 31.9 Å². The lowest BCUT2D eigenvalue weighted by molar-refractivity contribution is -0.310. The molecule has 1 fully saturated rings. The summed E-state index contributed by atoms with van der Waals surface area (Å²) >= 11 is 6.67. The van der Waals surface area contributed by atoms with Crippen molar-refractivity contribution in [1.29, 1.82) is 0 Å². The van der Waals surface area contributed by atoms with E-state index in [1.165, 1.54) is 4.90 Å². The highest BCUT2D eigenvalue weighted by atomic mass is 79.9. The summed E-state index contributed by atoms with van der Waals surface area (Å²) in [4.78, 5) is 24.0. The van der Waals surface area contributed by atoms with E-state index in [-0.39, 0.29) is 18.9 Å². The number of halogens is 2. The fraction of sp³-hybridized carbons (Fsp3) is 0.273. The Labute approximate surface area is 115 Å². The monoisotopic (exact) mass is 360 g/mol. The summed E-state index contributed by atoms with van der Waals surface area (Å²) in [7, 11) is 0. The van der Waals surface area contributed by atoms with E-state index in [0.717, 1.165) is 8.95 Å². The number of amides is 1. The molecule has 0 saturated carbocycles. The molecule has 0 unspecified atom stereocenters. The maximum absolute atomic E-state index is 11.7. The number of carbonyl (C=O) groups is 2. The van der Waals surface area contributed by atoms with Crippen LogP contribution in [0.1, 0.15) is 6.42 Å². The van der Waals surface area contributed by atoms with E-state index in [1.54, 1.807) is 12.1 Å². The summed E-state index contributed by atoms with van der Waals surface area (Å²) in [5, 5.41) is 10.8. The van der Waals surface area contributed by atoms with Crippen molar-refractivity contribution >= 4 is 49.4 Å². The standard InChI is InChI=1S/C11H9Br2NO3/c12-7-1-2-9(8(13)4-7)14-5-6(11(16)17)3-10(14)15/h1-2,4,6H,3,5H2,(H,16,17)/p-1/t6-/m1/s1. The van der Waals surface area contributed by atoms with E-state index < -0.39 is 11.9 Å². The Balaban J connectivity index is 2.29. The van der Waals surface area contributed by atoms with E-state index in [1.807, 2.05) is 6.07 Å². The molecule has 1 aliphatic rings. The lowest BCUT2D eigenvalue weighted by atomic mass is 10.1. The first kappa shape index (κ1) is 12.6. The summed E-state index contributed by atoms with van der Waals surface area (Å²) in [6, 6.07) is 5.39. The maximum atomic E-state index is 11.7. The molecular weight excluding hydrogens is 354 g/mol. The van der Waals surface area contributed by atoms with Crippen LogP contribution >= 0.6 is 31.9 Å². The lowest BCUT2D eigenvalue weighted by Gasteiger charge is -2.18. The Morgan fingerprint density at radius 1 is 1.41 bits per heavy atom. The number of benzene rings is 1. The van der Waals surface area contributed by atoms with Crippen LogP contribution in [0.15, 0.2) is 27.1 Å². The molecule has 2 rings (SSSR count). The second-order valence-electron chi connectivity index (χ2n) is 3.82. The van der Waals surface area contributed by atoms with Crippen molar-refractivity contribution in [2.75, 3.05) is 11.4 Å². The Kier molecular flexibility index (Phi) is 3.53. The van der Waals surface area contributed by atoms with Crippen molar-refractivity contribution in [1.82, 2.24) is 0 Å². The Hall–Kier alpha value is -0.880. The highest BCUT2D eigenvalue weighted by Crippen LogP contribution is 2.33. The molecule has 90 valence electrons. The number of hydrogen-bond acceptors (Lipinski definition) is 3. The van der Waals surface area contributed by atoms with Crippen molar-refractivity contribution in [3.05, 3.63) is 27.1 Å². The van der Waals surface area contributed by atoms with Crippen molar-refractivity contribution in [3.63, 3.8) is 0 Å². The molecule has 17 heavy (non-hydrogen) atoms. The smallest absolute Gasteiger partial charge is 0.227 e. The summed E-state index contributed by atoms with van der Waals surface area (Å²) in [6.45, 7) is 0.168. The molecule has 0 aliphatic carbocycles. The zero-order valence-electron chi connectivity index (χ0n) is 8.65. The van der Waals surface area contributed by atoms with Crippen LogP contribution in [-0.2, 0) is 9.59 Å². The van der Waals surface area contributed by atoms with Crippen molar-refractivity contribution in [3.8, 4) is 0 Å². The molecule has 1 aliphatic heterocycles. The Bertz CT molecular complexity index is 490. The minimum Gasteiger partial charge on any atom is -0.550 e. The first-order valence-electron chi connectivity index (χ1n) is 4.95. The molecule has 0 spiro atoms. The van der Waals surface area contributed by atoms with Crippen LogP contribution in [0.5, 0.6) is 0 Å². The minimum atomic E-state index is -1.17. The number of nitrogens with zero attached hydrogens (tertiary/aromatic N) is 1. The number of rotatable bonds is 2. The quantitative estimate of drug-likeness (QED) is 0.798. The van der Waals surface area contributed by atoms with Crippen LogP contribution in [0.3, 0.4) is 0 Å². The van der Waals surface area contributed by atoms with Gasteiger partial charge in [-0.15, -0.1) is 0 Å². The van der Waals surface area contributed by atoms with Gasteiger partial charge in [0.2, 0.25) is 5.91 Å². The van der Waals surface area contributed by atoms with Crippen LogP contribution in [-0.4, -0.2) is 18.4 Å². The summed E-state index contributed by atoms with van der Waals surface area (Å²) in [5.41, 5.74) is 0.682. The molecule has 0 N–H and O–H groups in total. The Morgan fingerprint density at radius 2 is 2.12 bits per heavy atom. The first-order valence-corrected chi connectivity index (χ1v) is 6.54. The SMILES string of the molecule is O=C([O-])[C@@H]1CC(=O)N(c2ccc(Br)cc2Br)C1. The second-order valence-corrected chi connectivity index (χ2v) is 5.59. The molecule has 1 atom stereocenters. The largest absolute Gasteiger partial charge is 0.550 e. The number of hydrogen-bond donors (Lipinski definition) is 0. The van der Waals surface area contributed by atoms with Crippen LogP contribution in [0.25, 0.3) is 0 Å². The van der Waals surface area contributed by atoms with Crippen molar-refractivity contribution in [2.24, 2.45) is 5.92 Å². The summed E-state index contributed by atoms with van der Waals surface area (Å²) in [6.07, 6.45) is 0.00480. The number of carboxylic acids is 1. The normalized spacial score (nSPS) is 19.8. The molecule has 0 bridgehead atoms.